The van der Waals surface area contributed by atoms with E-state index in [2.05, 4.69) is 15.0 Å². The van der Waals surface area contributed by atoms with Gasteiger partial charge in [0.1, 0.15) is 36.2 Å². The van der Waals surface area contributed by atoms with Gasteiger partial charge in [0.15, 0.2) is 5.60 Å². The minimum absolute atomic E-state index is 0.134. The summed E-state index contributed by atoms with van der Waals surface area (Å²) in [6, 6.07) is 11.6. The maximum absolute atomic E-state index is 12.7. The number of imidazole rings is 1. The first kappa shape index (κ1) is 30.4. The number of piperidine rings is 1. The minimum Gasteiger partial charge on any atom is -0.490 e. The monoisotopic (exact) mass is 619 g/mol. The van der Waals surface area contributed by atoms with Crippen molar-refractivity contribution in [3.63, 3.8) is 0 Å². The summed E-state index contributed by atoms with van der Waals surface area (Å²) >= 11 is 0. The van der Waals surface area contributed by atoms with Gasteiger partial charge < -0.3 is 39.3 Å². The van der Waals surface area contributed by atoms with Gasteiger partial charge in [0, 0.05) is 36.5 Å². The minimum atomic E-state index is -4.77. The van der Waals surface area contributed by atoms with E-state index in [9.17, 15) is 32.9 Å². The number of nitrogens with zero attached hydrogens (tertiary/aromatic N) is 4. The van der Waals surface area contributed by atoms with Crippen LogP contribution in [0.3, 0.4) is 0 Å². The highest BCUT2D eigenvalue weighted by atomic mass is 19.4. The van der Waals surface area contributed by atoms with Gasteiger partial charge in [-0.2, -0.15) is 0 Å². The molecule has 1 N–H and O–H groups in total. The maximum Gasteiger partial charge on any atom is 0.573 e. The predicted octanol–water partition coefficient (Wildman–Crippen LogP) is 3.72. The highest BCUT2D eigenvalue weighted by Crippen LogP contribution is 2.31. The topological polar surface area (TPSA) is 147 Å². The zero-order valence-electron chi connectivity index (χ0n) is 23.4. The van der Waals surface area contributed by atoms with E-state index < -0.39 is 22.8 Å². The van der Waals surface area contributed by atoms with Crippen molar-refractivity contribution in [3.05, 3.63) is 70.4 Å². The number of benzene rings is 2. The van der Waals surface area contributed by atoms with Crippen molar-refractivity contribution in [2.24, 2.45) is 0 Å². The standard InChI is InChI=1S/C28H28F3N5O8/c1-27(16-35-15-23(36(39)40)33-26(35)44-27)17-41-19-4-2-18(3-5-19)25(38)32-14-24(37)34-12-10-21(11-13-34)42-20-6-8-22(9-7-20)43-28(29,30)31/h2-9,15,21H,10-14,16-17H2,1H3,(H,32,38). The number of aromatic nitrogens is 2. The van der Waals surface area contributed by atoms with Crippen LogP contribution in [0.2, 0.25) is 0 Å². The van der Waals surface area contributed by atoms with Crippen LogP contribution in [-0.4, -0.2) is 75.5 Å². The van der Waals surface area contributed by atoms with Gasteiger partial charge >= 0.3 is 18.2 Å². The van der Waals surface area contributed by atoms with Crippen molar-refractivity contribution in [3.8, 4) is 23.3 Å². The number of nitrogens with one attached hydrogen (secondary N) is 1. The molecule has 2 amide bonds. The third-order valence-electron chi connectivity index (χ3n) is 6.97. The van der Waals surface area contributed by atoms with Crippen molar-refractivity contribution in [1.82, 2.24) is 19.8 Å². The number of likely N-dealkylation sites (tertiary alicyclic amines) is 1. The van der Waals surface area contributed by atoms with Crippen LogP contribution >= 0.6 is 0 Å². The molecule has 1 aromatic heterocycles. The molecule has 2 aliphatic heterocycles. The second kappa shape index (κ2) is 12.3. The quantitative estimate of drug-likeness (QED) is 0.265. The lowest BCUT2D eigenvalue weighted by atomic mass is 10.1. The first-order chi connectivity index (χ1) is 20.9. The number of halogens is 3. The average molecular weight is 620 g/mol. The van der Waals surface area contributed by atoms with Crippen molar-refractivity contribution in [2.75, 3.05) is 26.2 Å². The van der Waals surface area contributed by atoms with Gasteiger partial charge in [-0.25, -0.2) is 0 Å². The first-order valence-corrected chi connectivity index (χ1v) is 13.6. The van der Waals surface area contributed by atoms with Crippen molar-refractivity contribution in [1.29, 1.82) is 0 Å². The summed E-state index contributed by atoms with van der Waals surface area (Å²) in [4.78, 5) is 41.0. The van der Waals surface area contributed by atoms with Crippen LogP contribution in [0.15, 0.2) is 54.7 Å². The number of alkyl halides is 3. The molecule has 0 saturated carbocycles. The Bertz CT molecular complexity index is 1480. The fourth-order valence-electron chi connectivity index (χ4n) is 4.80. The Hall–Kier alpha value is -5.02. The number of fused-ring (bicyclic) bond motifs is 1. The lowest BCUT2D eigenvalue weighted by Gasteiger charge is -2.32. The lowest BCUT2D eigenvalue weighted by Crippen LogP contribution is -2.46. The molecule has 0 aliphatic carbocycles. The van der Waals surface area contributed by atoms with E-state index in [0.29, 0.717) is 49.5 Å². The summed E-state index contributed by atoms with van der Waals surface area (Å²) in [7, 11) is 0. The smallest absolute Gasteiger partial charge is 0.490 e. The van der Waals surface area contributed by atoms with Gasteiger partial charge in [-0.15, -0.1) is 13.2 Å². The normalized spacial score (nSPS) is 18.2. The summed E-state index contributed by atoms with van der Waals surface area (Å²) in [5, 5.41) is 13.5. The van der Waals surface area contributed by atoms with Gasteiger partial charge in [-0.1, -0.05) is 0 Å². The van der Waals surface area contributed by atoms with Crippen LogP contribution in [0.4, 0.5) is 19.0 Å². The molecule has 234 valence electrons. The molecule has 3 heterocycles. The molecular weight excluding hydrogens is 591 g/mol. The molecule has 2 aromatic carbocycles. The van der Waals surface area contributed by atoms with E-state index in [1.807, 2.05) is 0 Å². The predicted molar refractivity (Wildman–Crippen MR) is 146 cm³/mol. The fourth-order valence-corrected chi connectivity index (χ4v) is 4.80. The van der Waals surface area contributed by atoms with E-state index in [4.69, 9.17) is 14.2 Å². The number of carbonyl (C=O) groups is 2. The van der Waals surface area contributed by atoms with Crippen LogP contribution in [0.5, 0.6) is 23.3 Å². The highest BCUT2D eigenvalue weighted by molar-refractivity contribution is 5.96. The Balaban J connectivity index is 1.01. The van der Waals surface area contributed by atoms with E-state index in [1.165, 1.54) is 30.5 Å². The Morgan fingerprint density at radius 2 is 1.73 bits per heavy atom. The molecule has 16 heteroatoms. The third kappa shape index (κ3) is 7.67. The number of amides is 2. The van der Waals surface area contributed by atoms with Gasteiger partial charge in [0.2, 0.25) is 5.91 Å². The van der Waals surface area contributed by atoms with Crippen LogP contribution in [-0.2, 0) is 11.3 Å². The number of rotatable bonds is 10. The molecule has 13 nitrogen and oxygen atoms in total. The van der Waals surface area contributed by atoms with Crippen LogP contribution in [0.1, 0.15) is 30.1 Å². The summed E-state index contributed by atoms with van der Waals surface area (Å²) in [5.74, 6) is -0.433. The van der Waals surface area contributed by atoms with E-state index in [1.54, 1.807) is 40.7 Å². The van der Waals surface area contributed by atoms with E-state index in [-0.39, 0.29) is 42.7 Å². The average Bonchev–Trinajstić information content (AvgIpc) is 3.51. The summed E-state index contributed by atoms with van der Waals surface area (Å²) < 4.78 is 59.7. The van der Waals surface area contributed by atoms with Gasteiger partial charge in [-0.3, -0.25) is 14.2 Å². The molecule has 0 bridgehead atoms. The highest BCUT2D eigenvalue weighted by Gasteiger charge is 2.41. The number of ether oxygens (including phenoxy) is 4. The second-order valence-corrected chi connectivity index (χ2v) is 10.5. The molecule has 1 saturated heterocycles. The van der Waals surface area contributed by atoms with Crippen LogP contribution in [0, 0.1) is 10.1 Å². The maximum atomic E-state index is 12.7. The van der Waals surface area contributed by atoms with E-state index >= 15 is 0 Å². The molecule has 5 rings (SSSR count). The molecule has 1 fully saturated rings. The number of hydrogen-bond acceptors (Lipinski definition) is 9. The molecule has 1 atom stereocenters. The third-order valence-corrected chi connectivity index (χ3v) is 6.97. The first-order valence-electron chi connectivity index (χ1n) is 13.6. The Kier molecular flexibility index (Phi) is 8.51. The van der Waals surface area contributed by atoms with E-state index in [0.717, 1.165) is 0 Å². The number of hydrogen-bond donors (Lipinski definition) is 1. The van der Waals surface area contributed by atoms with Gasteiger partial charge in [0.25, 0.3) is 5.91 Å². The molecule has 0 spiro atoms. The number of carbonyl (C=O) groups excluding carboxylic acids is 2. The molecule has 1 unspecified atom stereocenters. The summed E-state index contributed by atoms with van der Waals surface area (Å²) in [5.41, 5.74) is -0.450. The SMILES string of the molecule is CC1(COc2ccc(C(=O)NCC(=O)N3CCC(Oc4ccc(OC(F)(F)F)cc4)CC3)cc2)Cn2cc([N+](=O)[O-])nc2O1. The molecule has 3 aromatic rings. The fraction of sp³-hybridized carbons (Fsp3) is 0.393. The zero-order valence-corrected chi connectivity index (χ0v) is 23.4. The van der Waals surface area contributed by atoms with Gasteiger partial charge in [-0.05, 0) is 60.4 Å². The van der Waals surface area contributed by atoms with Crippen molar-refractivity contribution >= 4 is 17.6 Å². The van der Waals surface area contributed by atoms with Crippen LogP contribution in [0.25, 0.3) is 0 Å². The Labute approximate surface area is 248 Å². The summed E-state index contributed by atoms with van der Waals surface area (Å²) in [6.45, 7) is 2.87. The van der Waals surface area contributed by atoms with Crippen molar-refractivity contribution in [2.45, 2.75) is 44.4 Å². The largest absolute Gasteiger partial charge is 0.573 e. The summed E-state index contributed by atoms with van der Waals surface area (Å²) in [6.07, 6.45) is -2.63. The van der Waals surface area contributed by atoms with Gasteiger partial charge in [0.05, 0.1) is 13.1 Å². The zero-order chi connectivity index (χ0) is 31.5. The molecule has 2 aliphatic rings. The Morgan fingerprint density at radius 3 is 2.34 bits per heavy atom. The lowest BCUT2D eigenvalue weighted by molar-refractivity contribution is -0.389. The number of nitro groups is 1. The molecular formula is C28H28F3N5O8. The van der Waals surface area contributed by atoms with Crippen LogP contribution < -0.4 is 24.3 Å². The Morgan fingerprint density at radius 1 is 1.09 bits per heavy atom. The second-order valence-electron chi connectivity index (χ2n) is 10.5. The molecule has 44 heavy (non-hydrogen) atoms. The molecule has 0 radical (unpaired) electrons. The van der Waals surface area contributed by atoms with Crippen molar-refractivity contribution < 1.29 is 46.6 Å².